The largest absolute Gasteiger partial charge is 0.467 e. The van der Waals surface area contributed by atoms with Crippen molar-refractivity contribution in [2.45, 2.75) is 6.54 Å². The molecule has 0 atom stereocenters. The number of carbonyl (C=O) groups excluding carboxylic acids is 2. The van der Waals surface area contributed by atoms with Crippen LogP contribution in [0.15, 0.2) is 71.3 Å². The average molecular weight is 355 g/mol. The van der Waals surface area contributed by atoms with Crippen molar-refractivity contribution >= 4 is 29.1 Å². The van der Waals surface area contributed by atoms with Crippen LogP contribution in [0.1, 0.15) is 26.5 Å². The summed E-state index contributed by atoms with van der Waals surface area (Å²) in [5.74, 6) is 0.143. The van der Waals surface area contributed by atoms with E-state index in [4.69, 9.17) is 16.0 Å². The number of hydrogen-bond donors (Lipinski definition) is 2. The molecule has 25 heavy (non-hydrogen) atoms. The topological polar surface area (TPSA) is 71.3 Å². The molecule has 0 radical (unpaired) electrons. The van der Waals surface area contributed by atoms with Crippen LogP contribution >= 0.6 is 11.6 Å². The first-order valence-corrected chi connectivity index (χ1v) is 7.97. The molecule has 0 fully saturated rings. The maximum absolute atomic E-state index is 12.2. The molecule has 0 unspecified atom stereocenters. The lowest BCUT2D eigenvalue weighted by molar-refractivity contribution is 0.0946. The predicted molar refractivity (Wildman–Crippen MR) is 95.7 cm³/mol. The maximum Gasteiger partial charge on any atom is 0.255 e. The highest BCUT2D eigenvalue weighted by Gasteiger charge is 2.10. The third-order valence-electron chi connectivity index (χ3n) is 3.49. The molecule has 2 amide bonds. The first-order valence-electron chi connectivity index (χ1n) is 7.59. The van der Waals surface area contributed by atoms with E-state index >= 15 is 0 Å². The number of carbonyl (C=O) groups is 2. The monoisotopic (exact) mass is 354 g/mol. The van der Waals surface area contributed by atoms with Crippen molar-refractivity contribution in [2.24, 2.45) is 0 Å². The lowest BCUT2D eigenvalue weighted by Gasteiger charge is -2.08. The van der Waals surface area contributed by atoms with Gasteiger partial charge in [0.25, 0.3) is 11.8 Å². The van der Waals surface area contributed by atoms with E-state index in [1.165, 1.54) is 0 Å². The molecule has 1 aromatic heterocycles. The quantitative estimate of drug-likeness (QED) is 0.724. The zero-order chi connectivity index (χ0) is 17.6. The Balaban J connectivity index is 1.65. The minimum atomic E-state index is -0.273. The van der Waals surface area contributed by atoms with Crippen molar-refractivity contribution in [1.82, 2.24) is 5.32 Å². The standard InChI is InChI=1S/C19H15ClN2O3/c20-15-8-6-13(7-9-15)19(24)22-16-4-1-3-14(11-16)18(23)21-12-17-5-2-10-25-17/h1-11H,12H2,(H,21,23)(H,22,24). The Labute approximate surface area is 149 Å². The highest BCUT2D eigenvalue weighted by Crippen LogP contribution is 2.14. The van der Waals surface area contributed by atoms with Gasteiger partial charge in [-0.05, 0) is 54.6 Å². The first kappa shape index (κ1) is 16.8. The lowest BCUT2D eigenvalue weighted by atomic mass is 10.1. The number of anilines is 1. The zero-order valence-corrected chi connectivity index (χ0v) is 13.9. The maximum atomic E-state index is 12.2. The fourth-order valence-corrected chi connectivity index (χ4v) is 2.35. The lowest BCUT2D eigenvalue weighted by Crippen LogP contribution is -2.22. The Bertz CT molecular complexity index is 874. The molecule has 0 aliphatic carbocycles. The van der Waals surface area contributed by atoms with Gasteiger partial charge in [0.15, 0.2) is 0 Å². The van der Waals surface area contributed by atoms with Gasteiger partial charge in [0.05, 0.1) is 12.8 Å². The van der Waals surface area contributed by atoms with Gasteiger partial charge in [-0.1, -0.05) is 17.7 Å². The number of halogens is 1. The van der Waals surface area contributed by atoms with Crippen LogP contribution in [-0.2, 0) is 6.54 Å². The summed E-state index contributed by atoms with van der Waals surface area (Å²) >= 11 is 5.82. The summed E-state index contributed by atoms with van der Waals surface area (Å²) in [6.45, 7) is 0.299. The molecular formula is C19H15ClN2O3. The van der Waals surface area contributed by atoms with Crippen LogP contribution in [0.25, 0.3) is 0 Å². The third kappa shape index (κ3) is 4.49. The van der Waals surface area contributed by atoms with Crippen molar-refractivity contribution < 1.29 is 14.0 Å². The van der Waals surface area contributed by atoms with Crippen LogP contribution in [0.2, 0.25) is 5.02 Å². The molecular weight excluding hydrogens is 340 g/mol. The number of nitrogens with one attached hydrogen (secondary N) is 2. The molecule has 0 bridgehead atoms. The SMILES string of the molecule is O=C(NCc1ccco1)c1cccc(NC(=O)c2ccc(Cl)cc2)c1. The Morgan fingerprint density at radius 1 is 0.920 bits per heavy atom. The van der Waals surface area contributed by atoms with Crippen molar-refractivity contribution in [3.63, 3.8) is 0 Å². The van der Waals surface area contributed by atoms with Gasteiger partial charge < -0.3 is 15.1 Å². The van der Waals surface area contributed by atoms with Crippen LogP contribution in [0.5, 0.6) is 0 Å². The second kappa shape index (κ2) is 7.68. The van der Waals surface area contributed by atoms with Crippen LogP contribution in [-0.4, -0.2) is 11.8 Å². The minimum Gasteiger partial charge on any atom is -0.467 e. The Morgan fingerprint density at radius 3 is 2.44 bits per heavy atom. The molecule has 0 aliphatic heterocycles. The van der Waals surface area contributed by atoms with E-state index in [0.717, 1.165) is 0 Å². The average Bonchev–Trinajstić information content (AvgIpc) is 3.14. The smallest absolute Gasteiger partial charge is 0.255 e. The highest BCUT2D eigenvalue weighted by atomic mass is 35.5. The van der Waals surface area contributed by atoms with Crippen LogP contribution in [0.4, 0.5) is 5.69 Å². The summed E-state index contributed by atoms with van der Waals surface area (Å²) in [5.41, 5.74) is 1.46. The predicted octanol–water partition coefficient (Wildman–Crippen LogP) is 4.12. The highest BCUT2D eigenvalue weighted by molar-refractivity contribution is 6.30. The van der Waals surface area contributed by atoms with Crippen molar-refractivity contribution in [1.29, 1.82) is 0 Å². The van der Waals surface area contributed by atoms with E-state index in [9.17, 15) is 9.59 Å². The molecule has 0 spiro atoms. The normalized spacial score (nSPS) is 10.3. The fraction of sp³-hybridized carbons (Fsp3) is 0.0526. The van der Waals surface area contributed by atoms with Gasteiger partial charge in [-0.2, -0.15) is 0 Å². The molecule has 6 heteroatoms. The van der Waals surface area contributed by atoms with Gasteiger partial charge in [-0.3, -0.25) is 9.59 Å². The molecule has 1 heterocycles. The second-order valence-corrected chi connectivity index (χ2v) is 5.74. The number of rotatable bonds is 5. The Kier molecular flexibility index (Phi) is 5.16. The van der Waals surface area contributed by atoms with E-state index in [1.54, 1.807) is 66.9 Å². The fourth-order valence-electron chi connectivity index (χ4n) is 2.23. The van der Waals surface area contributed by atoms with E-state index in [0.29, 0.717) is 34.1 Å². The summed E-state index contributed by atoms with van der Waals surface area (Å²) in [6.07, 6.45) is 1.55. The number of amides is 2. The molecule has 5 nitrogen and oxygen atoms in total. The summed E-state index contributed by atoms with van der Waals surface area (Å²) in [7, 11) is 0. The Hall–Kier alpha value is -3.05. The van der Waals surface area contributed by atoms with Crippen molar-refractivity contribution in [2.75, 3.05) is 5.32 Å². The summed E-state index contributed by atoms with van der Waals surface area (Å²) in [4.78, 5) is 24.4. The summed E-state index contributed by atoms with van der Waals surface area (Å²) < 4.78 is 5.17. The molecule has 2 aromatic carbocycles. The van der Waals surface area contributed by atoms with Gasteiger partial charge in [0.2, 0.25) is 0 Å². The minimum absolute atomic E-state index is 0.251. The van der Waals surface area contributed by atoms with Crippen molar-refractivity contribution in [3.05, 3.63) is 88.8 Å². The second-order valence-electron chi connectivity index (χ2n) is 5.30. The Morgan fingerprint density at radius 2 is 1.72 bits per heavy atom. The molecule has 3 rings (SSSR count). The molecule has 3 aromatic rings. The number of hydrogen-bond acceptors (Lipinski definition) is 3. The summed E-state index contributed by atoms with van der Waals surface area (Å²) in [5, 5.41) is 6.08. The molecule has 0 saturated heterocycles. The molecule has 126 valence electrons. The zero-order valence-electron chi connectivity index (χ0n) is 13.2. The molecule has 2 N–H and O–H groups in total. The van der Waals surface area contributed by atoms with Crippen LogP contribution in [0.3, 0.4) is 0 Å². The van der Waals surface area contributed by atoms with Gasteiger partial charge in [0.1, 0.15) is 5.76 Å². The van der Waals surface area contributed by atoms with Gasteiger partial charge in [-0.25, -0.2) is 0 Å². The first-order chi connectivity index (χ1) is 12.1. The third-order valence-corrected chi connectivity index (χ3v) is 3.74. The molecule has 0 aliphatic rings. The van der Waals surface area contributed by atoms with Crippen LogP contribution in [0, 0.1) is 0 Å². The molecule has 0 saturated carbocycles. The number of furan rings is 1. The van der Waals surface area contributed by atoms with E-state index < -0.39 is 0 Å². The van der Waals surface area contributed by atoms with E-state index in [-0.39, 0.29) is 11.8 Å². The van der Waals surface area contributed by atoms with Crippen LogP contribution < -0.4 is 10.6 Å². The van der Waals surface area contributed by atoms with E-state index in [2.05, 4.69) is 10.6 Å². The summed E-state index contributed by atoms with van der Waals surface area (Å²) in [6, 6.07) is 16.8. The van der Waals surface area contributed by atoms with Gasteiger partial charge in [0, 0.05) is 21.8 Å². The van der Waals surface area contributed by atoms with E-state index in [1.807, 2.05) is 0 Å². The van der Waals surface area contributed by atoms with Crippen molar-refractivity contribution in [3.8, 4) is 0 Å². The van der Waals surface area contributed by atoms with Gasteiger partial charge >= 0.3 is 0 Å². The van der Waals surface area contributed by atoms with Gasteiger partial charge in [-0.15, -0.1) is 0 Å². The number of benzene rings is 2.